The summed E-state index contributed by atoms with van der Waals surface area (Å²) in [5.41, 5.74) is 0.153. The van der Waals surface area contributed by atoms with Crippen LogP contribution < -0.4 is 5.11 Å². The van der Waals surface area contributed by atoms with Crippen molar-refractivity contribution in [1.29, 1.82) is 0 Å². The minimum atomic E-state index is -4.41. The third-order valence-electron chi connectivity index (χ3n) is 0.920. The summed E-state index contributed by atoms with van der Waals surface area (Å²) in [7, 11) is -3.60. The molecule has 0 N–H and O–H groups in total. The first-order valence-electron chi connectivity index (χ1n) is 3.15. The Labute approximate surface area is 76.8 Å². The minimum Gasteiger partial charge on any atom is -0.726 e. The zero-order valence-corrected chi connectivity index (χ0v) is 8.09. The molecule has 0 radical (unpaired) electrons. The summed E-state index contributed by atoms with van der Waals surface area (Å²) in [6.45, 7) is 4.93. The number of carbonyl (C=O) groups excluding carboxylic acids is 1. The fourth-order valence-corrected chi connectivity index (χ4v) is 0.144. The van der Waals surface area contributed by atoms with Crippen LogP contribution in [0.2, 0.25) is 0 Å². The monoisotopic (exact) mass is 210 g/mol. The highest BCUT2D eigenvalue weighted by molar-refractivity contribution is 7.80. The summed E-state index contributed by atoms with van der Waals surface area (Å²) in [5.74, 6) is -1.15. The summed E-state index contributed by atoms with van der Waals surface area (Å²) in [6.07, 6.45) is 0.461. The van der Waals surface area contributed by atoms with Crippen molar-refractivity contribution in [3.05, 3.63) is 12.2 Å². The van der Waals surface area contributed by atoms with E-state index in [2.05, 4.69) is 10.8 Å². The number of hydrogen-bond acceptors (Lipinski definition) is 6. The number of carbonyl (C=O) groups is 1. The van der Waals surface area contributed by atoms with Gasteiger partial charge in [-0.2, -0.15) is 0 Å². The van der Waals surface area contributed by atoms with E-state index in [9.17, 15) is 22.9 Å². The lowest BCUT2D eigenvalue weighted by molar-refractivity contribution is -0.299. The van der Waals surface area contributed by atoms with Crippen molar-refractivity contribution in [1.82, 2.24) is 0 Å². The van der Waals surface area contributed by atoms with E-state index in [1.54, 1.807) is 6.92 Å². The van der Waals surface area contributed by atoms with Crippen LogP contribution in [0.25, 0.3) is 0 Å². The van der Waals surface area contributed by atoms with Gasteiger partial charge in [0.1, 0.15) is 0 Å². The molecule has 0 saturated heterocycles. The van der Waals surface area contributed by atoms with E-state index in [0.29, 0.717) is 6.42 Å². The Morgan fingerprint density at radius 3 is 1.85 bits per heavy atom. The van der Waals surface area contributed by atoms with E-state index >= 15 is 0 Å². The Bertz CT molecular complexity index is 265. The molecule has 0 unspecified atom stereocenters. The molecule has 6 nitrogen and oxygen atoms in total. The summed E-state index contributed by atoms with van der Waals surface area (Å²) in [5, 5.41) is 9.72. The van der Waals surface area contributed by atoms with Crippen LogP contribution in [0.5, 0.6) is 0 Å². The number of rotatable bonds is 3. The van der Waals surface area contributed by atoms with Crippen LogP contribution in [0.3, 0.4) is 0 Å². The molecule has 0 aliphatic carbocycles. The van der Waals surface area contributed by atoms with Crippen molar-refractivity contribution >= 4 is 16.4 Å². The molecule has 0 amide bonds. The fourth-order valence-electron chi connectivity index (χ4n) is 0.144. The molecular formula is C6H10O6S-2. The van der Waals surface area contributed by atoms with E-state index in [4.69, 9.17) is 0 Å². The number of carboxylic acids is 1. The molecule has 13 heavy (non-hydrogen) atoms. The second-order valence-corrected chi connectivity index (χ2v) is 2.97. The molecule has 0 saturated carbocycles. The molecule has 0 aromatic carbocycles. The van der Waals surface area contributed by atoms with Gasteiger partial charge in [-0.05, 0) is 12.0 Å². The van der Waals surface area contributed by atoms with Crippen LogP contribution in [-0.2, 0) is 19.4 Å². The van der Waals surface area contributed by atoms with Crippen molar-refractivity contribution in [2.75, 3.05) is 7.11 Å². The van der Waals surface area contributed by atoms with Crippen LogP contribution >= 0.6 is 0 Å². The molecule has 0 spiro atoms. The highest BCUT2D eigenvalue weighted by atomic mass is 32.3. The number of hydrogen-bond donors (Lipinski definition) is 0. The van der Waals surface area contributed by atoms with Crippen molar-refractivity contribution in [3.63, 3.8) is 0 Å². The highest BCUT2D eigenvalue weighted by Gasteiger charge is 1.84. The first-order valence-corrected chi connectivity index (χ1v) is 4.48. The van der Waals surface area contributed by atoms with Crippen LogP contribution in [0, 0.1) is 0 Å². The smallest absolute Gasteiger partial charge is 0.217 e. The predicted molar refractivity (Wildman–Crippen MR) is 41.1 cm³/mol. The van der Waals surface area contributed by atoms with Crippen molar-refractivity contribution < 1.29 is 27.1 Å². The van der Waals surface area contributed by atoms with Gasteiger partial charge in [-0.15, -0.1) is 0 Å². The maximum absolute atomic E-state index is 9.72. The molecule has 0 aromatic heterocycles. The predicted octanol–water partition coefficient (Wildman–Crippen LogP) is -1.20. The van der Waals surface area contributed by atoms with Crippen LogP contribution in [0.15, 0.2) is 12.2 Å². The van der Waals surface area contributed by atoms with E-state index in [1.807, 2.05) is 0 Å². The Morgan fingerprint density at radius 2 is 1.85 bits per heavy atom. The van der Waals surface area contributed by atoms with E-state index < -0.39 is 16.4 Å². The fraction of sp³-hybridized carbons (Fsp3) is 0.500. The number of aliphatic carboxylic acids is 1. The quantitative estimate of drug-likeness (QED) is 0.329. The van der Waals surface area contributed by atoms with Crippen LogP contribution in [0.4, 0.5) is 0 Å². The standard InChI is InChI=1S/C5H8O2.CH4O4S/c1-3-4(2)5(6)7;1-5-6(2,3)4/h2-3H2,1H3,(H,6,7);1H3,(H,2,3,4)/p-2. The largest absolute Gasteiger partial charge is 0.726 e. The van der Waals surface area contributed by atoms with Crippen molar-refractivity contribution in [2.24, 2.45) is 0 Å². The minimum absolute atomic E-state index is 0.153. The molecule has 0 aliphatic rings. The molecule has 0 aromatic rings. The summed E-state index contributed by atoms with van der Waals surface area (Å²) < 4.78 is 31.0. The molecular weight excluding hydrogens is 200 g/mol. The van der Waals surface area contributed by atoms with Gasteiger partial charge in [-0.25, -0.2) is 8.42 Å². The van der Waals surface area contributed by atoms with Crippen LogP contribution in [-0.4, -0.2) is 26.0 Å². The van der Waals surface area contributed by atoms with Gasteiger partial charge in [-0.1, -0.05) is 13.5 Å². The summed E-state index contributed by atoms with van der Waals surface area (Å²) >= 11 is 0. The molecule has 78 valence electrons. The van der Waals surface area contributed by atoms with E-state index in [1.165, 1.54) is 0 Å². The second kappa shape index (κ2) is 6.58. The average molecular weight is 210 g/mol. The van der Waals surface area contributed by atoms with E-state index in [-0.39, 0.29) is 5.57 Å². The zero-order chi connectivity index (χ0) is 11.1. The third-order valence-corrected chi connectivity index (χ3v) is 1.33. The molecule has 0 atom stereocenters. The molecule has 0 heterocycles. The lowest BCUT2D eigenvalue weighted by atomic mass is 10.2. The molecule has 0 aliphatic heterocycles. The van der Waals surface area contributed by atoms with Gasteiger partial charge in [-0.3, -0.25) is 4.18 Å². The Hall–Kier alpha value is -0.920. The van der Waals surface area contributed by atoms with Crippen molar-refractivity contribution in [2.45, 2.75) is 13.3 Å². The Morgan fingerprint density at radius 1 is 1.54 bits per heavy atom. The Kier molecular flexibility index (Phi) is 7.39. The van der Waals surface area contributed by atoms with Crippen molar-refractivity contribution in [3.8, 4) is 0 Å². The van der Waals surface area contributed by atoms with Gasteiger partial charge in [0, 0.05) is 0 Å². The van der Waals surface area contributed by atoms with E-state index in [0.717, 1.165) is 7.11 Å². The summed E-state index contributed by atoms with van der Waals surface area (Å²) in [6, 6.07) is 0. The first kappa shape index (κ1) is 14.6. The van der Waals surface area contributed by atoms with Gasteiger partial charge in [0.2, 0.25) is 10.4 Å². The molecule has 0 bridgehead atoms. The maximum Gasteiger partial charge on any atom is 0.217 e. The lowest BCUT2D eigenvalue weighted by Gasteiger charge is -1.98. The van der Waals surface area contributed by atoms with Gasteiger partial charge in [0.05, 0.1) is 13.1 Å². The third kappa shape index (κ3) is 14.0. The highest BCUT2D eigenvalue weighted by Crippen LogP contribution is 1.90. The number of carboxylic acid groups (broad SMARTS) is 1. The summed E-state index contributed by atoms with van der Waals surface area (Å²) in [4.78, 5) is 9.72. The molecule has 7 heteroatoms. The van der Waals surface area contributed by atoms with Gasteiger partial charge < -0.3 is 14.5 Å². The zero-order valence-electron chi connectivity index (χ0n) is 7.27. The van der Waals surface area contributed by atoms with Crippen LogP contribution in [0.1, 0.15) is 13.3 Å². The molecule has 0 rings (SSSR count). The normalized spacial score (nSPS) is 9.77. The first-order chi connectivity index (χ1) is 5.74. The SMILES string of the molecule is C=C(CC)C(=O)[O-].COS(=O)(=O)[O-]. The topological polar surface area (TPSA) is 107 Å². The van der Waals surface area contributed by atoms with Gasteiger partial charge >= 0.3 is 0 Å². The van der Waals surface area contributed by atoms with Gasteiger partial charge in [0.15, 0.2) is 0 Å². The Balaban J connectivity index is 0. The maximum atomic E-state index is 9.72. The molecule has 0 fully saturated rings. The second-order valence-electron chi connectivity index (χ2n) is 1.82. The lowest BCUT2D eigenvalue weighted by Crippen LogP contribution is -2.23. The average Bonchev–Trinajstić information content (AvgIpc) is 2.02. The van der Waals surface area contributed by atoms with Gasteiger partial charge in [0.25, 0.3) is 0 Å².